The van der Waals surface area contributed by atoms with E-state index < -0.39 is 29.3 Å². The summed E-state index contributed by atoms with van der Waals surface area (Å²) in [4.78, 5) is 45.9. The van der Waals surface area contributed by atoms with Crippen LogP contribution in [0.2, 0.25) is 0 Å². The van der Waals surface area contributed by atoms with Gasteiger partial charge in [-0.3, -0.25) is 0 Å². The van der Waals surface area contributed by atoms with Crippen molar-refractivity contribution in [1.29, 1.82) is 0 Å². The van der Waals surface area contributed by atoms with E-state index in [2.05, 4.69) is 16.1 Å². The van der Waals surface area contributed by atoms with Crippen LogP contribution in [0.4, 0.5) is 0 Å². The summed E-state index contributed by atoms with van der Waals surface area (Å²) in [6.07, 6.45) is 11.3. The van der Waals surface area contributed by atoms with E-state index in [0.717, 1.165) is 0 Å². The zero-order chi connectivity index (χ0) is 17.5. The highest BCUT2D eigenvalue weighted by Gasteiger charge is 2.33. The van der Waals surface area contributed by atoms with Gasteiger partial charge < -0.3 is 9.47 Å². The quantitative estimate of drug-likeness (QED) is 0.436. The third-order valence-corrected chi connectivity index (χ3v) is 3.83. The maximum atomic E-state index is 11.6. The van der Waals surface area contributed by atoms with Gasteiger partial charge in [0.25, 0.3) is 0 Å². The molecule has 0 unspecified atom stereocenters. The summed E-state index contributed by atoms with van der Waals surface area (Å²) in [6.45, 7) is 5.35. The average Bonchev–Trinajstić information content (AvgIpc) is 2.84. The Labute approximate surface area is 137 Å². The molecular formula is C18H12O6. The van der Waals surface area contributed by atoms with Crippen LogP contribution in [0, 0.1) is 5.41 Å². The molecule has 24 heavy (non-hydrogen) atoms. The van der Waals surface area contributed by atoms with Gasteiger partial charge in [-0.05, 0) is 25.2 Å². The Balaban J connectivity index is 1.84. The van der Waals surface area contributed by atoms with Crippen LogP contribution < -0.4 is 0 Å². The van der Waals surface area contributed by atoms with Crippen molar-refractivity contribution < 1.29 is 28.7 Å². The molecule has 6 nitrogen and oxygen atoms in total. The van der Waals surface area contributed by atoms with Crippen molar-refractivity contribution in [3.05, 3.63) is 71.4 Å². The number of carbonyl (C=O) groups is 4. The summed E-state index contributed by atoms with van der Waals surface area (Å²) >= 11 is 0. The molecule has 0 N–H and O–H groups in total. The zero-order valence-electron chi connectivity index (χ0n) is 12.7. The number of ether oxygens (including phenoxy) is 2. The van der Waals surface area contributed by atoms with Crippen LogP contribution in [-0.4, -0.2) is 23.9 Å². The second kappa shape index (κ2) is 5.42. The van der Waals surface area contributed by atoms with Gasteiger partial charge in [-0.15, -0.1) is 0 Å². The Bertz CT molecular complexity index is 826. The minimum atomic E-state index is -0.752. The van der Waals surface area contributed by atoms with Gasteiger partial charge in [0.15, 0.2) is 0 Å². The standard InChI is InChI=1S/C18H12O6/c1-10-11(15(20)23-14(10)19)4-3-7-18(2)8-5-12-13(6-9-18)17(22)24-16(12)21/h3-9H,1H2,2H3/b7-3+,11-4+. The molecule has 0 aromatic rings. The number of rotatable bonds is 2. The molecule has 6 heteroatoms. The minimum Gasteiger partial charge on any atom is -0.386 e. The van der Waals surface area contributed by atoms with Crippen molar-refractivity contribution in [2.24, 2.45) is 5.41 Å². The summed E-state index contributed by atoms with van der Waals surface area (Å²) in [5, 5.41) is 0. The SMILES string of the molecule is C=C1C(=O)OC(=O)/C1=C/C=C/C1(C)C=CC2=C(C=C1)C(=O)OC2=O. The van der Waals surface area contributed by atoms with E-state index in [1.165, 1.54) is 18.2 Å². The van der Waals surface area contributed by atoms with Gasteiger partial charge in [0.05, 0.1) is 22.3 Å². The number of esters is 4. The molecule has 0 aromatic carbocycles. The fourth-order valence-electron chi connectivity index (χ4n) is 2.38. The van der Waals surface area contributed by atoms with Crippen molar-refractivity contribution >= 4 is 23.9 Å². The molecule has 0 saturated carbocycles. The minimum absolute atomic E-state index is 0.00994. The number of hydrogen-bond donors (Lipinski definition) is 0. The number of allylic oxidation sites excluding steroid dienone is 5. The summed E-state index contributed by atoms with van der Waals surface area (Å²) in [5.74, 6) is -2.83. The van der Waals surface area contributed by atoms with Crippen molar-refractivity contribution in [2.75, 3.05) is 0 Å². The Morgan fingerprint density at radius 3 is 1.96 bits per heavy atom. The Morgan fingerprint density at radius 1 is 0.917 bits per heavy atom. The van der Waals surface area contributed by atoms with Crippen LogP contribution in [0.1, 0.15) is 6.92 Å². The monoisotopic (exact) mass is 324 g/mol. The van der Waals surface area contributed by atoms with Gasteiger partial charge >= 0.3 is 23.9 Å². The van der Waals surface area contributed by atoms with Crippen LogP contribution in [0.3, 0.4) is 0 Å². The summed E-state index contributed by atoms with van der Waals surface area (Å²) < 4.78 is 8.98. The highest BCUT2D eigenvalue weighted by molar-refractivity contribution is 6.18. The van der Waals surface area contributed by atoms with Gasteiger partial charge in [0, 0.05) is 5.41 Å². The van der Waals surface area contributed by atoms with Gasteiger partial charge in [-0.1, -0.05) is 30.9 Å². The first-order chi connectivity index (χ1) is 11.3. The van der Waals surface area contributed by atoms with Gasteiger partial charge in [-0.2, -0.15) is 0 Å². The molecule has 0 atom stereocenters. The molecule has 0 spiro atoms. The van der Waals surface area contributed by atoms with E-state index in [0.29, 0.717) is 0 Å². The summed E-state index contributed by atoms with van der Waals surface area (Å²) in [6, 6.07) is 0. The molecule has 0 bridgehead atoms. The highest BCUT2D eigenvalue weighted by atomic mass is 16.6. The normalized spacial score (nSPS) is 24.0. The molecule has 2 aliphatic heterocycles. The fourth-order valence-corrected chi connectivity index (χ4v) is 2.38. The predicted octanol–water partition coefficient (Wildman–Crippen LogP) is 1.62. The molecule has 3 rings (SSSR count). The highest BCUT2D eigenvalue weighted by Crippen LogP contribution is 2.31. The van der Waals surface area contributed by atoms with Crippen LogP contribution >= 0.6 is 0 Å². The molecule has 3 aliphatic rings. The van der Waals surface area contributed by atoms with Crippen LogP contribution in [-0.2, 0) is 28.7 Å². The molecule has 0 amide bonds. The van der Waals surface area contributed by atoms with Crippen LogP contribution in [0.15, 0.2) is 71.4 Å². The molecule has 1 fully saturated rings. The summed E-state index contributed by atoms with van der Waals surface area (Å²) in [5.41, 5.74) is -0.0674. The first-order valence-corrected chi connectivity index (χ1v) is 7.05. The largest absolute Gasteiger partial charge is 0.386 e. The van der Waals surface area contributed by atoms with E-state index >= 15 is 0 Å². The van der Waals surface area contributed by atoms with Gasteiger partial charge in [0.1, 0.15) is 0 Å². The molecule has 2 heterocycles. The van der Waals surface area contributed by atoms with Crippen LogP contribution in [0.5, 0.6) is 0 Å². The van der Waals surface area contributed by atoms with Crippen molar-refractivity contribution in [3.63, 3.8) is 0 Å². The number of hydrogen-bond acceptors (Lipinski definition) is 6. The van der Waals surface area contributed by atoms with E-state index in [1.807, 2.05) is 6.92 Å². The number of cyclic esters (lactones) is 4. The lowest BCUT2D eigenvalue weighted by Gasteiger charge is -2.15. The molecule has 1 aliphatic carbocycles. The second-order valence-corrected chi connectivity index (χ2v) is 5.63. The molecular weight excluding hydrogens is 312 g/mol. The zero-order valence-corrected chi connectivity index (χ0v) is 12.7. The Morgan fingerprint density at radius 2 is 1.46 bits per heavy atom. The van der Waals surface area contributed by atoms with Gasteiger partial charge in [-0.25, -0.2) is 19.2 Å². The predicted molar refractivity (Wildman–Crippen MR) is 82.0 cm³/mol. The first-order valence-electron chi connectivity index (χ1n) is 7.05. The van der Waals surface area contributed by atoms with Crippen molar-refractivity contribution in [2.45, 2.75) is 6.92 Å². The Kier molecular flexibility index (Phi) is 3.52. The molecule has 120 valence electrons. The summed E-state index contributed by atoms with van der Waals surface area (Å²) in [7, 11) is 0. The lowest BCUT2D eigenvalue weighted by Crippen LogP contribution is -2.07. The van der Waals surface area contributed by atoms with Crippen molar-refractivity contribution in [1.82, 2.24) is 0 Å². The fraction of sp³-hybridized carbons (Fsp3) is 0.111. The number of carbonyl (C=O) groups excluding carboxylic acids is 4. The van der Waals surface area contributed by atoms with E-state index in [-0.39, 0.29) is 22.3 Å². The topological polar surface area (TPSA) is 86.7 Å². The van der Waals surface area contributed by atoms with Gasteiger partial charge in [0.2, 0.25) is 0 Å². The maximum Gasteiger partial charge on any atom is 0.346 e. The van der Waals surface area contributed by atoms with E-state index in [4.69, 9.17) is 0 Å². The first kappa shape index (κ1) is 15.6. The lowest BCUT2D eigenvalue weighted by molar-refractivity contribution is -0.152. The Hall–Kier alpha value is -3.28. The van der Waals surface area contributed by atoms with Crippen LogP contribution in [0.25, 0.3) is 0 Å². The second-order valence-electron chi connectivity index (χ2n) is 5.63. The molecule has 0 radical (unpaired) electrons. The third-order valence-electron chi connectivity index (χ3n) is 3.83. The lowest BCUT2D eigenvalue weighted by atomic mass is 9.89. The van der Waals surface area contributed by atoms with E-state index in [1.54, 1.807) is 24.3 Å². The average molecular weight is 324 g/mol. The van der Waals surface area contributed by atoms with Crippen molar-refractivity contribution in [3.8, 4) is 0 Å². The third kappa shape index (κ3) is 2.58. The molecule has 0 aromatic heterocycles. The maximum absolute atomic E-state index is 11.6. The smallest absolute Gasteiger partial charge is 0.346 e. The van der Waals surface area contributed by atoms with E-state index in [9.17, 15) is 19.2 Å². The molecule has 1 saturated heterocycles.